The first kappa shape index (κ1) is 11.9. The highest BCUT2D eigenvalue weighted by atomic mass is 15.3. The molecule has 4 rings (SSSR count). The third-order valence-electron chi connectivity index (χ3n) is 3.52. The van der Waals surface area contributed by atoms with Crippen molar-refractivity contribution in [2.75, 3.05) is 5.73 Å². The van der Waals surface area contributed by atoms with E-state index in [9.17, 15) is 0 Å². The Kier molecular flexibility index (Phi) is 2.42. The lowest BCUT2D eigenvalue weighted by Crippen LogP contribution is -2.33. The monoisotopic (exact) mass is 279 g/mol. The van der Waals surface area contributed by atoms with Crippen molar-refractivity contribution in [3.8, 4) is 11.3 Å². The molecule has 104 valence electrons. The summed E-state index contributed by atoms with van der Waals surface area (Å²) in [7, 11) is 0. The van der Waals surface area contributed by atoms with Crippen LogP contribution >= 0.6 is 0 Å². The Morgan fingerprint density at radius 1 is 1.19 bits per heavy atom. The molecule has 7 heteroatoms. The highest BCUT2D eigenvalue weighted by molar-refractivity contribution is 5.98. The molecule has 1 unspecified atom stereocenters. The van der Waals surface area contributed by atoms with E-state index >= 15 is 0 Å². The van der Waals surface area contributed by atoms with Crippen LogP contribution in [0.25, 0.3) is 28.4 Å². The van der Waals surface area contributed by atoms with Crippen LogP contribution in [0.4, 0.5) is 5.95 Å². The molecule has 0 aliphatic carbocycles. The second kappa shape index (κ2) is 4.29. The zero-order valence-electron chi connectivity index (χ0n) is 11.1. The average molecular weight is 279 g/mol. The van der Waals surface area contributed by atoms with Crippen LogP contribution in [-0.4, -0.2) is 19.5 Å². The van der Waals surface area contributed by atoms with E-state index in [0.717, 1.165) is 28.0 Å². The molecule has 0 bridgehead atoms. The van der Waals surface area contributed by atoms with Gasteiger partial charge in [-0.3, -0.25) is 10.3 Å². The first-order valence-corrected chi connectivity index (χ1v) is 6.51. The van der Waals surface area contributed by atoms with Crippen molar-refractivity contribution in [3.05, 3.63) is 42.5 Å². The maximum Gasteiger partial charge on any atom is 0.220 e. The van der Waals surface area contributed by atoms with Gasteiger partial charge in [0.2, 0.25) is 5.95 Å². The number of pyridine rings is 1. The highest BCUT2D eigenvalue weighted by Gasteiger charge is 2.23. The SMILES string of the molecule is Nc1nccc(-c2c3n(c4ncccc24)C(N)NC=C3)n1. The van der Waals surface area contributed by atoms with Gasteiger partial charge in [-0.15, -0.1) is 0 Å². The Hall–Kier alpha value is -2.93. The summed E-state index contributed by atoms with van der Waals surface area (Å²) in [5.41, 5.74) is 15.3. The predicted molar refractivity (Wildman–Crippen MR) is 80.6 cm³/mol. The molecule has 0 spiro atoms. The second-order valence-electron chi connectivity index (χ2n) is 4.75. The summed E-state index contributed by atoms with van der Waals surface area (Å²) in [5.74, 6) is 0.242. The number of fused-ring (bicyclic) bond motifs is 3. The van der Waals surface area contributed by atoms with Crippen LogP contribution in [0, 0.1) is 0 Å². The Morgan fingerprint density at radius 2 is 2.10 bits per heavy atom. The first-order chi connectivity index (χ1) is 10.3. The van der Waals surface area contributed by atoms with E-state index in [0.29, 0.717) is 0 Å². The van der Waals surface area contributed by atoms with Crippen LogP contribution in [0.5, 0.6) is 0 Å². The molecule has 1 atom stereocenters. The van der Waals surface area contributed by atoms with Crippen LogP contribution in [-0.2, 0) is 0 Å². The molecule has 7 nitrogen and oxygen atoms in total. The van der Waals surface area contributed by atoms with Crippen LogP contribution in [0.3, 0.4) is 0 Å². The van der Waals surface area contributed by atoms with Crippen molar-refractivity contribution >= 4 is 23.1 Å². The normalized spacial score (nSPS) is 16.7. The number of rotatable bonds is 1. The van der Waals surface area contributed by atoms with E-state index in [4.69, 9.17) is 11.5 Å². The number of nitrogen functional groups attached to an aromatic ring is 1. The van der Waals surface area contributed by atoms with Gasteiger partial charge in [-0.2, -0.15) is 0 Å². The quantitative estimate of drug-likeness (QED) is 0.615. The molecule has 1 aliphatic heterocycles. The predicted octanol–water partition coefficient (Wildman–Crippen LogP) is 1.06. The summed E-state index contributed by atoms with van der Waals surface area (Å²) < 4.78 is 1.95. The van der Waals surface area contributed by atoms with Crippen LogP contribution in [0.15, 0.2) is 36.8 Å². The molecule has 0 amide bonds. The fourth-order valence-electron chi connectivity index (χ4n) is 2.68. The topological polar surface area (TPSA) is 108 Å². The Morgan fingerprint density at radius 3 is 2.95 bits per heavy atom. The van der Waals surface area contributed by atoms with Crippen molar-refractivity contribution in [1.82, 2.24) is 24.8 Å². The van der Waals surface area contributed by atoms with Crippen molar-refractivity contribution in [3.63, 3.8) is 0 Å². The van der Waals surface area contributed by atoms with Crippen molar-refractivity contribution in [1.29, 1.82) is 0 Å². The minimum Gasteiger partial charge on any atom is -0.368 e. The first-order valence-electron chi connectivity index (χ1n) is 6.51. The van der Waals surface area contributed by atoms with Gasteiger partial charge in [-0.05, 0) is 24.3 Å². The van der Waals surface area contributed by atoms with E-state index in [1.165, 1.54) is 0 Å². The molecule has 5 N–H and O–H groups in total. The van der Waals surface area contributed by atoms with Gasteiger partial charge in [0.05, 0.1) is 11.4 Å². The average Bonchev–Trinajstić information content (AvgIpc) is 2.83. The summed E-state index contributed by atoms with van der Waals surface area (Å²) in [5, 5.41) is 4.05. The summed E-state index contributed by atoms with van der Waals surface area (Å²) in [6.45, 7) is 0. The molecule has 4 heterocycles. The lowest BCUT2D eigenvalue weighted by molar-refractivity contribution is 0.474. The largest absolute Gasteiger partial charge is 0.368 e. The van der Waals surface area contributed by atoms with Crippen molar-refractivity contribution < 1.29 is 0 Å². The van der Waals surface area contributed by atoms with Gasteiger partial charge in [0, 0.05) is 29.5 Å². The van der Waals surface area contributed by atoms with E-state index in [1.54, 1.807) is 12.4 Å². The lowest BCUT2D eigenvalue weighted by atomic mass is 10.1. The smallest absolute Gasteiger partial charge is 0.220 e. The van der Waals surface area contributed by atoms with Gasteiger partial charge in [-0.25, -0.2) is 15.0 Å². The fourth-order valence-corrected chi connectivity index (χ4v) is 2.68. The van der Waals surface area contributed by atoms with E-state index < -0.39 is 0 Å². The molecule has 1 aliphatic rings. The molecule has 0 saturated heterocycles. The third kappa shape index (κ3) is 1.68. The van der Waals surface area contributed by atoms with Gasteiger partial charge < -0.3 is 11.1 Å². The third-order valence-corrected chi connectivity index (χ3v) is 3.52. The molecule has 0 fully saturated rings. The number of hydrogen-bond donors (Lipinski definition) is 3. The zero-order valence-corrected chi connectivity index (χ0v) is 11.1. The van der Waals surface area contributed by atoms with Gasteiger partial charge >= 0.3 is 0 Å². The van der Waals surface area contributed by atoms with Gasteiger partial charge in [0.15, 0.2) is 6.29 Å². The minimum absolute atomic E-state index is 0.242. The molecule has 3 aromatic heterocycles. The summed E-state index contributed by atoms with van der Waals surface area (Å²) in [6.07, 6.45) is 6.81. The Labute approximate surface area is 120 Å². The van der Waals surface area contributed by atoms with Crippen molar-refractivity contribution in [2.45, 2.75) is 6.29 Å². The molecule has 3 aromatic rings. The zero-order chi connectivity index (χ0) is 14.4. The molecule has 0 radical (unpaired) electrons. The number of aromatic nitrogens is 4. The van der Waals surface area contributed by atoms with Crippen LogP contribution < -0.4 is 16.8 Å². The molecular formula is C14H13N7. The van der Waals surface area contributed by atoms with E-state index in [2.05, 4.69) is 20.3 Å². The second-order valence-corrected chi connectivity index (χ2v) is 4.75. The standard InChI is InChI=1S/C14H13N7/c15-13-18-6-3-9(20-13)11-8-2-1-5-17-12(8)21-10(11)4-7-19-14(21)16/h1-7,14,19H,16H2,(H2,15,18,20). The molecule has 0 saturated carbocycles. The number of nitrogens with two attached hydrogens (primary N) is 2. The Balaban J connectivity index is 2.12. The van der Waals surface area contributed by atoms with Crippen LogP contribution in [0.1, 0.15) is 12.0 Å². The fraction of sp³-hybridized carbons (Fsp3) is 0.0714. The molecule has 0 aromatic carbocycles. The summed E-state index contributed by atoms with van der Waals surface area (Å²) in [4.78, 5) is 12.7. The Bertz CT molecular complexity index is 865. The molecular weight excluding hydrogens is 266 g/mol. The number of nitrogens with zero attached hydrogens (tertiary/aromatic N) is 4. The highest BCUT2D eigenvalue weighted by Crippen LogP contribution is 2.35. The van der Waals surface area contributed by atoms with Crippen LogP contribution in [0.2, 0.25) is 0 Å². The van der Waals surface area contributed by atoms with Gasteiger partial charge in [-0.1, -0.05) is 0 Å². The number of hydrogen-bond acceptors (Lipinski definition) is 6. The minimum atomic E-state index is -0.365. The van der Waals surface area contributed by atoms with Crippen molar-refractivity contribution in [2.24, 2.45) is 5.73 Å². The summed E-state index contributed by atoms with van der Waals surface area (Å²) >= 11 is 0. The van der Waals surface area contributed by atoms with E-state index in [-0.39, 0.29) is 12.2 Å². The van der Waals surface area contributed by atoms with Gasteiger partial charge in [0.1, 0.15) is 5.65 Å². The maximum absolute atomic E-state index is 6.14. The van der Waals surface area contributed by atoms with Gasteiger partial charge in [0.25, 0.3) is 0 Å². The summed E-state index contributed by atoms with van der Waals surface area (Å²) in [6, 6.07) is 5.73. The number of anilines is 1. The van der Waals surface area contributed by atoms with E-state index in [1.807, 2.05) is 35.0 Å². The number of nitrogens with one attached hydrogen (secondary N) is 1. The lowest BCUT2D eigenvalue weighted by Gasteiger charge is -2.21. The maximum atomic E-state index is 6.14. The molecule has 21 heavy (non-hydrogen) atoms.